The molecule has 1 amide bonds. The number of rotatable bonds is 2. The van der Waals surface area contributed by atoms with E-state index in [1.165, 1.54) is 31.2 Å². The molecule has 1 aliphatic heterocycles. The monoisotopic (exact) mass is 311 g/mol. The minimum atomic E-state index is 0.0857. The van der Waals surface area contributed by atoms with Gasteiger partial charge in [-0.15, -0.1) is 0 Å². The average molecular weight is 311 g/mol. The highest BCUT2D eigenvalue weighted by Gasteiger charge is 2.28. The van der Waals surface area contributed by atoms with Gasteiger partial charge in [-0.1, -0.05) is 37.8 Å². The van der Waals surface area contributed by atoms with Crippen molar-refractivity contribution in [2.75, 3.05) is 0 Å². The Morgan fingerprint density at radius 1 is 1.09 bits per heavy atom. The van der Waals surface area contributed by atoms with E-state index in [0.717, 1.165) is 43.6 Å². The maximum absolute atomic E-state index is 12.7. The van der Waals surface area contributed by atoms with Crippen molar-refractivity contribution in [2.24, 2.45) is 5.92 Å². The summed E-state index contributed by atoms with van der Waals surface area (Å²) in [7, 11) is 0. The first kappa shape index (κ1) is 14.7. The molecule has 122 valence electrons. The molecule has 4 rings (SSSR count). The van der Waals surface area contributed by atoms with Crippen LogP contribution in [0.2, 0.25) is 0 Å². The average Bonchev–Trinajstić information content (AvgIpc) is 2.74. The fourth-order valence-electron chi connectivity index (χ4n) is 4.10. The summed E-state index contributed by atoms with van der Waals surface area (Å²) >= 11 is 0. The predicted molar refractivity (Wildman–Crippen MR) is 91.2 cm³/mol. The molecule has 2 aliphatic rings. The smallest absolute Gasteiger partial charge is 0.223 e. The highest BCUT2D eigenvalue weighted by Crippen LogP contribution is 2.26. The van der Waals surface area contributed by atoms with Crippen LogP contribution < -0.4 is 5.32 Å². The molecule has 1 fully saturated rings. The second-order valence-corrected chi connectivity index (χ2v) is 7.06. The first-order valence-corrected chi connectivity index (χ1v) is 9.06. The molecule has 1 N–H and O–H groups in total. The van der Waals surface area contributed by atoms with Crippen molar-refractivity contribution in [3.05, 3.63) is 30.1 Å². The Hall–Kier alpha value is -1.84. The van der Waals surface area contributed by atoms with Gasteiger partial charge in [0.05, 0.1) is 11.0 Å². The third-order valence-corrected chi connectivity index (χ3v) is 5.44. The summed E-state index contributed by atoms with van der Waals surface area (Å²) in [4.78, 5) is 17.4. The van der Waals surface area contributed by atoms with Gasteiger partial charge in [0.25, 0.3) is 0 Å². The molecule has 2 heterocycles. The molecule has 0 spiro atoms. The van der Waals surface area contributed by atoms with Gasteiger partial charge < -0.3 is 9.88 Å². The second-order valence-electron chi connectivity index (χ2n) is 7.06. The topological polar surface area (TPSA) is 46.9 Å². The van der Waals surface area contributed by atoms with Gasteiger partial charge in [0.2, 0.25) is 5.91 Å². The highest BCUT2D eigenvalue weighted by atomic mass is 16.1. The van der Waals surface area contributed by atoms with E-state index >= 15 is 0 Å². The summed E-state index contributed by atoms with van der Waals surface area (Å²) in [5, 5.41) is 3.32. The number of imidazole rings is 1. The van der Waals surface area contributed by atoms with Crippen LogP contribution in [0.3, 0.4) is 0 Å². The fourth-order valence-corrected chi connectivity index (χ4v) is 4.10. The summed E-state index contributed by atoms with van der Waals surface area (Å²) in [6.07, 6.45) is 9.14. The number of benzene rings is 1. The number of hydrogen-bond donors (Lipinski definition) is 1. The quantitative estimate of drug-likeness (QED) is 0.864. The molecule has 0 radical (unpaired) electrons. The Labute approximate surface area is 137 Å². The van der Waals surface area contributed by atoms with Crippen LogP contribution >= 0.6 is 0 Å². The molecule has 23 heavy (non-hydrogen) atoms. The maximum Gasteiger partial charge on any atom is 0.223 e. The van der Waals surface area contributed by atoms with E-state index in [2.05, 4.69) is 28.1 Å². The zero-order chi connectivity index (χ0) is 15.6. The van der Waals surface area contributed by atoms with Crippen molar-refractivity contribution in [3.63, 3.8) is 0 Å². The summed E-state index contributed by atoms with van der Waals surface area (Å²) in [5.41, 5.74) is 2.25. The van der Waals surface area contributed by atoms with Gasteiger partial charge in [-0.2, -0.15) is 0 Å². The standard InChI is InChI=1S/C19H25N3O/c23-19(20-15-7-3-1-2-4-8-15)14-11-12-22-17-10-6-5-9-16(17)21-18(22)13-14/h5-6,9-10,14-15H,1-4,7-8,11-13H2,(H,20,23). The molecule has 2 aromatic rings. The molecule has 1 atom stereocenters. The van der Waals surface area contributed by atoms with Gasteiger partial charge >= 0.3 is 0 Å². The molecule has 1 aromatic heterocycles. The van der Waals surface area contributed by atoms with Crippen molar-refractivity contribution in [1.29, 1.82) is 0 Å². The SMILES string of the molecule is O=C(NC1CCCCCC1)C1CCn2c(nc3ccccc32)C1. The number of fused-ring (bicyclic) bond motifs is 3. The van der Waals surface area contributed by atoms with Crippen molar-refractivity contribution >= 4 is 16.9 Å². The Morgan fingerprint density at radius 3 is 2.70 bits per heavy atom. The van der Waals surface area contributed by atoms with Crippen molar-refractivity contribution < 1.29 is 4.79 Å². The van der Waals surface area contributed by atoms with Crippen LogP contribution in [-0.4, -0.2) is 21.5 Å². The number of nitrogens with zero attached hydrogens (tertiary/aromatic N) is 2. The Morgan fingerprint density at radius 2 is 1.87 bits per heavy atom. The number of aromatic nitrogens is 2. The van der Waals surface area contributed by atoms with Crippen LogP contribution in [0.4, 0.5) is 0 Å². The molecule has 4 heteroatoms. The Balaban J connectivity index is 1.45. The normalized spacial score (nSPS) is 22.5. The molecule has 4 nitrogen and oxygen atoms in total. The highest BCUT2D eigenvalue weighted by molar-refractivity contribution is 5.80. The number of amides is 1. The van der Waals surface area contributed by atoms with Gasteiger partial charge in [0, 0.05) is 24.9 Å². The van der Waals surface area contributed by atoms with Crippen LogP contribution in [0.25, 0.3) is 11.0 Å². The number of hydrogen-bond acceptors (Lipinski definition) is 2. The minimum absolute atomic E-state index is 0.0857. The predicted octanol–water partition coefficient (Wildman–Crippen LogP) is 3.44. The molecule has 1 aliphatic carbocycles. The number of carbonyl (C=O) groups excluding carboxylic acids is 1. The largest absolute Gasteiger partial charge is 0.353 e. The van der Waals surface area contributed by atoms with Crippen LogP contribution in [0, 0.1) is 5.92 Å². The summed E-state index contributed by atoms with van der Waals surface area (Å²) < 4.78 is 2.28. The van der Waals surface area contributed by atoms with E-state index in [1.807, 2.05) is 6.07 Å². The third-order valence-electron chi connectivity index (χ3n) is 5.44. The molecule has 0 bridgehead atoms. The van der Waals surface area contributed by atoms with Gasteiger partial charge in [-0.25, -0.2) is 4.98 Å². The van der Waals surface area contributed by atoms with E-state index in [1.54, 1.807) is 0 Å². The van der Waals surface area contributed by atoms with Crippen LogP contribution in [-0.2, 0) is 17.8 Å². The summed E-state index contributed by atoms with van der Waals surface area (Å²) in [6, 6.07) is 8.66. The lowest BCUT2D eigenvalue weighted by Gasteiger charge is -2.25. The minimum Gasteiger partial charge on any atom is -0.353 e. The first-order valence-electron chi connectivity index (χ1n) is 9.06. The second kappa shape index (κ2) is 6.34. The molecule has 1 aromatic carbocycles. The number of carbonyl (C=O) groups is 1. The number of para-hydroxylation sites is 2. The zero-order valence-electron chi connectivity index (χ0n) is 13.6. The van der Waals surface area contributed by atoms with Crippen LogP contribution in [0.1, 0.15) is 50.8 Å². The summed E-state index contributed by atoms with van der Waals surface area (Å²) in [5.74, 6) is 1.40. The Kier molecular flexibility index (Phi) is 4.06. The van der Waals surface area contributed by atoms with E-state index in [9.17, 15) is 4.79 Å². The van der Waals surface area contributed by atoms with Gasteiger partial charge in [0.15, 0.2) is 0 Å². The lowest BCUT2D eigenvalue weighted by molar-refractivity contribution is -0.126. The first-order chi connectivity index (χ1) is 11.3. The molecule has 0 saturated heterocycles. The van der Waals surface area contributed by atoms with Crippen molar-refractivity contribution in [2.45, 2.75) is 64.0 Å². The molecule has 1 unspecified atom stereocenters. The summed E-state index contributed by atoms with van der Waals surface area (Å²) in [6.45, 7) is 0.901. The lowest BCUT2D eigenvalue weighted by Crippen LogP contribution is -2.41. The van der Waals surface area contributed by atoms with Crippen molar-refractivity contribution in [1.82, 2.24) is 14.9 Å². The zero-order valence-corrected chi connectivity index (χ0v) is 13.6. The van der Waals surface area contributed by atoms with E-state index in [-0.39, 0.29) is 11.8 Å². The van der Waals surface area contributed by atoms with E-state index in [0.29, 0.717) is 6.04 Å². The van der Waals surface area contributed by atoms with Crippen LogP contribution in [0.5, 0.6) is 0 Å². The lowest BCUT2D eigenvalue weighted by atomic mass is 9.96. The van der Waals surface area contributed by atoms with Gasteiger partial charge in [-0.05, 0) is 31.4 Å². The third kappa shape index (κ3) is 2.99. The van der Waals surface area contributed by atoms with E-state index < -0.39 is 0 Å². The van der Waals surface area contributed by atoms with Crippen LogP contribution in [0.15, 0.2) is 24.3 Å². The van der Waals surface area contributed by atoms with Crippen molar-refractivity contribution in [3.8, 4) is 0 Å². The molecular weight excluding hydrogens is 286 g/mol. The molecule has 1 saturated carbocycles. The molecular formula is C19H25N3O. The maximum atomic E-state index is 12.7. The van der Waals surface area contributed by atoms with E-state index in [4.69, 9.17) is 4.98 Å². The van der Waals surface area contributed by atoms with Gasteiger partial charge in [0.1, 0.15) is 5.82 Å². The number of nitrogens with one attached hydrogen (secondary N) is 1. The number of aryl methyl sites for hydroxylation is 1. The van der Waals surface area contributed by atoms with Gasteiger partial charge in [-0.3, -0.25) is 4.79 Å². The fraction of sp³-hybridized carbons (Fsp3) is 0.579. The Bertz CT molecular complexity index is 698.